The fourth-order valence-corrected chi connectivity index (χ4v) is 3.57. The van der Waals surface area contributed by atoms with Crippen molar-refractivity contribution in [2.24, 2.45) is 0 Å². The average Bonchev–Trinajstić information content (AvgIpc) is 3.15. The van der Waals surface area contributed by atoms with Gasteiger partial charge in [0.05, 0.1) is 17.4 Å². The van der Waals surface area contributed by atoms with Crippen molar-refractivity contribution in [1.82, 2.24) is 14.8 Å². The van der Waals surface area contributed by atoms with Gasteiger partial charge < -0.3 is 10.1 Å². The summed E-state index contributed by atoms with van der Waals surface area (Å²) >= 11 is 1.29. The monoisotopic (exact) mass is 436 g/mol. The van der Waals surface area contributed by atoms with Gasteiger partial charge in [0.2, 0.25) is 5.91 Å². The molecule has 7 nitrogen and oxygen atoms in total. The zero-order valence-corrected chi connectivity index (χ0v) is 18.3. The van der Waals surface area contributed by atoms with E-state index < -0.39 is 5.97 Å². The molecule has 1 amide bonds. The van der Waals surface area contributed by atoms with E-state index in [2.05, 4.69) is 22.1 Å². The highest BCUT2D eigenvalue weighted by atomic mass is 32.2. The van der Waals surface area contributed by atoms with Crippen LogP contribution < -0.4 is 5.32 Å². The van der Waals surface area contributed by atoms with E-state index >= 15 is 0 Å². The number of allylic oxidation sites excluding steroid dienone is 1. The molecule has 160 valence electrons. The third-order valence-electron chi connectivity index (χ3n) is 4.12. The number of thioether (sulfide) groups is 1. The normalized spacial score (nSPS) is 10.7. The number of hydrogen-bond acceptors (Lipinski definition) is 6. The van der Waals surface area contributed by atoms with Gasteiger partial charge in [-0.15, -0.1) is 16.8 Å². The van der Waals surface area contributed by atoms with Crippen molar-refractivity contribution in [3.63, 3.8) is 0 Å². The lowest BCUT2D eigenvalue weighted by atomic mass is 10.2. The van der Waals surface area contributed by atoms with Gasteiger partial charge in [0.1, 0.15) is 0 Å². The van der Waals surface area contributed by atoms with E-state index in [1.54, 1.807) is 44.2 Å². The lowest BCUT2D eigenvalue weighted by Gasteiger charge is -2.10. The van der Waals surface area contributed by atoms with Crippen LogP contribution in [0.15, 0.2) is 72.4 Å². The zero-order chi connectivity index (χ0) is 22.2. The SMILES string of the molecule is C=CCn1c(SCC(=O)Nc2cccc(C(=O)OC(C)C)c2)nnc1-c1ccccc1. The largest absolute Gasteiger partial charge is 0.459 e. The van der Waals surface area contributed by atoms with Crippen LogP contribution in [0, 0.1) is 0 Å². The van der Waals surface area contributed by atoms with Gasteiger partial charge in [-0.05, 0) is 32.0 Å². The van der Waals surface area contributed by atoms with Crippen LogP contribution in [0.4, 0.5) is 5.69 Å². The van der Waals surface area contributed by atoms with E-state index in [0.29, 0.717) is 23.0 Å². The maximum absolute atomic E-state index is 12.5. The standard InChI is InChI=1S/C23H24N4O3S/c1-4-13-27-21(17-9-6-5-7-10-17)25-26-23(27)31-15-20(28)24-19-12-8-11-18(14-19)22(29)30-16(2)3/h4-12,14,16H,1,13,15H2,2-3H3,(H,24,28). The van der Waals surface area contributed by atoms with Crippen LogP contribution in [0.1, 0.15) is 24.2 Å². The summed E-state index contributed by atoms with van der Waals surface area (Å²) in [7, 11) is 0. The molecule has 0 aliphatic carbocycles. The van der Waals surface area contributed by atoms with Crippen molar-refractivity contribution in [1.29, 1.82) is 0 Å². The first-order valence-corrected chi connectivity index (χ1v) is 10.8. The van der Waals surface area contributed by atoms with E-state index in [-0.39, 0.29) is 17.8 Å². The molecule has 0 unspecified atom stereocenters. The molecule has 0 aliphatic rings. The Labute approximate surface area is 185 Å². The van der Waals surface area contributed by atoms with Crippen molar-refractivity contribution in [2.45, 2.75) is 31.7 Å². The van der Waals surface area contributed by atoms with Crippen LogP contribution in [0.2, 0.25) is 0 Å². The Bertz CT molecular complexity index is 1060. The molecular formula is C23H24N4O3S. The number of rotatable bonds is 9. The number of benzene rings is 2. The highest BCUT2D eigenvalue weighted by Crippen LogP contribution is 2.24. The number of carbonyl (C=O) groups excluding carboxylic acids is 2. The van der Waals surface area contributed by atoms with Gasteiger partial charge in [-0.1, -0.05) is 54.2 Å². The fourth-order valence-electron chi connectivity index (χ4n) is 2.82. The molecule has 0 saturated carbocycles. The number of amides is 1. The molecule has 8 heteroatoms. The van der Waals surface area contributed by atoms with Crippen molar-refractivity contribution in [3.8, 4) is 11.4 Å². The van der Waals surface area contributed by atoms with E-state index in [1.165, 1.54) is 11.8 Å². The first-order chi connectivity index (χ1) is 15.0. The maximum Gasteiger partial charge on any atom is 0.338 e. The second-order valence-corrected chi connectivity index (χ2v) is 7.89. The summed E-state index contributed by atoms with van der Waals surface area (Å²) in [6, 6.07) is 16.4. The van der Waals surface area contributed by atoms with Gasteiger partial charge in [0.15, 0.2) is 11.0 Å². The highest BCUT2D eigenvalue weighted by Gasteiger charge is 2.15. The van der Waals surface area contributed by atoms with Crippen LogP contribution in [0.3, 0.4) is 0 Å². The smallest absolute Gasteiger partial charge is 0.338 e. The van der Waals surface area contributed by atoms with Crippen LogP contribution in [-0.2, 0) is 16.1 Å². The van der Waals surface area contributed by atoms with Gasteiger partial charge in [-0.2, -0.15) is 0 Å². The second-order valence-electron chi connectivity index (χ2n) is 6.94. The molecule has 0 atom stereocenters. The summed E-state index contributed by atoms with van der Waals surface area (Å²) in [5, 5.41) is 12.0. The average molecular weight is 437 g/mol. The van der Waals surface area contributed by atoms with E-state index in [9.17, 15) is 9.59 Å². The quantitative estimate of drug-likeness (QED) is 0.303. The van der Waals surface area contributed by atoms with Crippen LogP contribution in [-0.4, -0.2) is 38.5 Å². The number of nitrogens with one attached hydrogen (secondary N) is 1. The van der Waals surface area contributed by atoms with Crippen molar-refractivity contribution in [3.05, 3.63) is 72.8 Å². The minimum atomic E-state index is -0.425. The second kappa shape index (κ2) is 10.6. The van der Waals surface area contributed by atoms with Gasteiger partial charge >= 0.3 is 5.97 Å². The summed E-state index contributed by atoms with van der Waals surface area (Å²) in [6.45, 7) is 7.90. The fraction of sp³-hybridized carbons (Fsp3) is 0.217. The van der Waals surface area contributed by atoms with Gasteiger partial charge in [0.25, 0.3) is 0 Å². The Hall–Kier alpha value is -3.39. The minimum Gasteiger partial charge on any atom is -0.459 e. The molecule has 3 rings (SSSR count). The number of esters is 1. The van der Waals surface area contributed by atoms with E-state index in [4.69, 9.17) is 4.74 Å². The van der Waals surface area contributed by atoms with E-state index in [0.717, 1.165) is 11.4 Å². The molecular weight excluding hydrogens is 412 g/mol. The van der Waals surface area contributed by atoms with Crippen LogP contribution in [0.5, 0.6) is 0 Å². The first-order valence-electron chi connectivity index (χ1n) is 9.81. The molecule has 0 radical (unpaired) electrons. The van der Waals surface area contributed by atoms with Crippen LogP contribution in [0.25, 0.3) is 11.4 Å². The predicted octanol–water partition coefficient (Wildman–Crippen LogP) is 4.43. The summed E-state index contributed by atoms with van der Waals surface area (Å²) in [5.41, 5.74) is 1.86. The summed E-state index contributed by atoms with van der Waals surface area (Å²) in [4.78, 5) is 24.5. The number of nitrogens with zero attached hydrogens (tertiary/aromatic N) is 3. The molecule has 31 heavy (non-hydrogen) atoms. The van der Waals surface area contributed by atoms with Crippen molar-refractivity contribution in [2.75, 3.05) is 11.1 Å². The molecule has 0 bridgehead atoms. The number of aromatic nitrogens is 3. The molecule has 0 fully saturated rings. The molecule has 1 N–H and O–H groups in total. The topological polar surface area (TPSA) is 86.1 Å². The number of ether oxygens (including phenoxy) is 1. The molecule has 0 aliphatic heterocycles. The number of anilines is 1. The Morgan fingerprint density at radius 3 is 2.65 bits per heavy atom. The lowest BCUT2D eigenvalue weighted by Crippen LogP contribution is -2.16. The third kappa shape index (κ3) is 6.05. The van der Waals surface area contributed by atoms with Gasteiger partial charge in [-0.3, -0.25) is 9.36 Å². The van der Waals surface area contributed by atoms with Crippen LogP contribution >= 0.6 is 11.8 Å². The lowest BCUT2D eigenvalue weighted by molar-refractivity contribution is -0.113. The Kier molecular flexibility index (Phi) is 7.61. The molecule has 3 aromatic rings. The zero-order valence-electron chi connectivity index (χ0n) is 17.4. The molecule has 0 spiro atoms. The Morgan fingerprint density at radius 1 is 1.16 bits per heavy atom. The molecule has 0 saturated heterocycles. The van der Waals surface area contributed by atoms with Crippen molar-refractivity contribution < 1.29 is 14.3 Å². The highest BCUT2D eigenvalue weighted by molar-refractivity contribution is 7.99. The summed E-state index contributed by atoms with van der Waals surface area (Å²) in [6.07, 6.45) is 1.55. The van der Waals surface area contributed by atoms with Crippen molar-refractivity contribution >= 4 is 29.3 Å². The van der Waals surface area contributed by atoms with Gasteiger partial charge in [-0.25, -0.2) is 4.79 Å². The Balaban J connectivity index is 1.66. The number of hydrogen-bond donors (Lipinski definition) is 1. The predicted molar refractivity (Wildman–Crippen MR) is 122 cm³/mol. The number of carbonyl (C=O) groups is 2. The summed E-state index contributed by atoms with van der Waals surface area (Å²) < 4.78 is 7.11. The van der Waals surface area contributed by atoms with Gasteiger partial charge in [0, 0.05) is 17.8 Å². The van der Waals surface area contributed by atoms with E-state index in [1.807, 2.05) is 34.9 Å². The molecule has 1 aromatic heterocycles. The maximum atomic E-state index is 12.5. The third-order valence-corrected chi connectivity index (χ3v) is 5.08. The molecule has 2 aromatic carbocycles. The first kappa shape index (κ1) is 22.3. The summed E-state index contributed by atoms with van der Waals surface area (Å²) in [5.74, 6) is 0.227. The molecule has 1 heterocycles. The Morgan fingerprint density at radius 2 is 1.94 bits per heavy atom. The minimum absolute atomic E-state index is 0.144.